The molecule has 1 atom stereocenters. The van der Waals surface area contributed by atoms with Crippen molar-refractivity contribution < 1.29 is 19.0 Å². The summed E-state index contributed by atoms with van der Waals surface area (Å²) in [6.45, 7) is 4.68. The third-order valence-electron chi connectivity index (χ3n) is 3.81. The van der Waals surface area contributed by atoms with Crippen molar-refractivity contribution in [3.05, 3.63) is 17.7 Å². The van der Waals surface area contributed by atoms with Gasteiger partial charge in [-0.15, -0.1) is 12.4 Å². The average molecular weight is 375 g/mol. The molecule has 1 aromatic carbocycles. The Kier molecular flexibility index (Phi) is 11.0. The highest BCUT2D eigenvalue weighted by atomic mass is 35.5. The zero-order valence-corrected chi connectivity index (χ0v) is 16.6. The van der Waals surface area contributed by atoms with Crippen molar-refractivity contribution in [3.8, 4) is 17.2 Å². The Morgan fingerprint density at radius 3 is 2.24 bits per heavy atom. The van der Waals surface area contributed by atoms with Crippen LogP contribution in [0.3, 0.4) is 0 Å². The lowest BCUT2D eigenvalue weighted by atomic mass is 10.0. The van der Waals surface area contributed by atoms with Crippen molar-refractivity contribution in [2.45, 2.75) is 39.2 Å². The average Bonchev–Trinajstić information content (AvgIpc) is 2.57. The van der Waals surface area contributed by atoms with Crippen molar-refractivity contribution in [3.63, 3.8) is 0 Å². The maximum Gasteiger partial charge on any atom is 0.220 e. The van der Waals surface area contributed by atoms with E-state index in [1.807, 2.05) is 12.1 Å². The minimum absolute atomic E-state index is 0. The van der Waals surface area contributed by atoms with E-state index in [0.29, 0.717) is 42.6 Å². The van der Waals surface area contributed by atoms with Crippen LogP contribution in [0, 0.1) is 5.92 Å². The van der Waals surface area contributed by atoms with Gasteiger partial charge in [0, 0.05) is 19.0 Å². The molecule has 1 aromatic rings. The first-order chi connectivity index (χ1) is 11.5. The second-order valence-electron chi connectivity index (χ2n) is 6.12. The van der Waals surface area contributed by atoms with Crippen molar-refractivity contribution in [1.29, 1.82) is 0 Å². The maximum atomic E-state index is 12.2. The van der Waals surface area contributed by atoms with Crippen LogP contribution in [0.2, 0.25) is 0 Å². The van der Waals surface area contributed by atoms with Gasteiger partial charge in [-0.2, -0.15) is 0 Å². The number of methoxy groups -OCH3 is 3. The fraction of sp³-hybridized carbons (Fsp3) is 0.611. The van der Waals surface area contributed by atoms with Crippen LogP contribution in [-0.4, -0.2) is 39.8 Å². The highest BCUT2D eigenvalue weighted by molar-refractivity contribution is 5.85. The predicted molar refractivity (Wildman–Crippen MR) is 102 cm³/mol. The number of rotatable bonds is 10. The van der Waals surface area contributed by atoms with Crippen LogP contribution in [0.1, 0.15) is 32.3 Å². The fourth-order valence-corrected chi connectivity index (χ4v) is 2.69. The number of amides is 1. The highest BCUT2D eigenvalue weighted by Crippen LogP contribution is 2.40. The molecule has 0 aliphatic rings. The summed E-state index contributed by atoms with van der Waals surface area (Å²) < 4.78 is 16.1. The second-order valence-corrected chi connectivity index (χ2v) is 6.12. The van der Waals surface area contributed by atoms with E-state index < -0.39 is 0 Å². The summed E-state index contributed by atoms with van der Waals surface area (Å²) in [6, 6.07) is 3.72. The van der Waals surface area contributed by atoms with Gasteiger partial charge in [-0.1, -0.05) is 19.9 Å². The number of benzene rings is 1. The number of ether oxygens (including phenoxy) is 3. The van der Waals surface area contributed by atoms with Crippen LogP contribution in [0.5, 0.6) is 17.2 Å². The Hall–Kier alpha value is -1.66. The lowest BCUT2D eigenvalue weighted by Gasteiger charge is -2.19. The number of carbonyl (C=O) groups is 1. The summed E-state index contributed by atoms with van der Waals surface area (Å²) >= 11 is 0. The maximum absolute atomic E-state index is 12.2. The van der Waals surface area contributed by atoms with Gasteiger partial charge in [0.15, 0.2) is 11.5 Å². The third-order valence-corrected chi connectivity index (χ3v) is 3.81. The van der Waals surface area contributed by atoms with E-state index in [1.165, 1.54) is 0 Å². The lowest BCUT2D eigenvalue weighted by Crippen LogP contribution is -2.41. The minimum atomic E-state index is -0.0112. The molecule has 1 unspecified atom stereocenters. The van der Waals surface area contributed by atoms with Crippen molar-refractivity contribution in [2.24, 2.45) is 11.7 Å². The Bertz CT molecular complexity index is 538. The van der Waals surface area contributed by atoms with Gasteiger partial charge in [-0.25, -0.2) is 0 Å². The molecular weight excluding hydrogens is 344 g/mol. The molecular formula is C18H31ClN2O4. The molecule has 0 saturated heterocycles. The summed E-state index contributed by atoms with van der Waals surface area (Å²) in [7, 11) is 4.72. The van der Waals surface area contributed by atoms with Gasteiger partial charge in [0.2, 0.25) is 11.7 Å². The van der Waals surface area contributed by atoms with E-state index in [1.54, 1.807) is 21.3 Å². The molecule has 25 heavy (non-hydrogen) atoms. The molecule has 1 rings (SSSR count). The second kappa shape index (κ2) is 11.8. The Morgan fingerprint density at radius 2 is 1.76 bits per heavy atom. The third kappa shape index (κ3) is 7.00. The number of hydrogen-bond donors (Lipinski definition) is 2. The molecule has 0 aromatic heterocycles. The van der Waals surface area contributed by atoms with Gasteiger partial charge < -0.3 is 25.3 Å². The molecule has 6 nitrogen and oxygen atoms in total. The Balaban J connectivity index is 0.00000576. The minimum Gasteiger partial charge on any atom is -0.493 e. The zero-order chi connectivity index (χ0) is 18.1. The molecule has 0 aliphatic carbocycles. The van der Waals surface area contributed by atoms with Gasteiger partial charge in [0.1, 0.15) is 0 Å². The van der Waals surface area contributed by atoms with Gasteiger partial charge in [-0.05, 0) is 30.4 Å². The summed E-state index contributed by atoms with van der Waals surface area (Å²) in [5.41, 5.74) is 6.63. The number of aryl methyl sites for hydroxylation is 1. The standard InChI is InChI=1S/C18H30N2O4.ClH/c1-12(2)10-14(11-19)20-16(21)9-7-13-6-8-15(22-3)18(24-5)17(13)23-4;/h6,8,12,14H,7,9-11,19H2,1-5H3,(H,20,21);1H. The van der Waals surface area contributed by atoms with E-state index in [2.05, 4.69) is 19.2 Å². The highest BCUT2D eigenvalue weighted by Gasteiger charge is 2.17. The van der Waals surface area contributed by atoms with Crippen LogP contribution >= 0.6 is 12.4 Å². The number of nitrogens with two attached hydrogens (primary N) is 1. The molecule has 1 amide bonds. The van der Waals surface area contributed by atoms with Crippen molar-refractivity contribution in [2.75, 3.05) is 27.9 Å². The normalized spacial score (nSPS) is 11.5. The first kappa shape index (κ1) is 23.3. The molecule has 0 fully saturated rings. The van der Waals surface area contributed by atoms with E-state index in [9.17, 15) is 4.79 Å². The summed E-state index contributed by atoms with van der Waals surface area (Å²) in [4.78, 5) is 12.2. The van der Waals surface area contributed by atoms with E-state index in [0.717, 1.165) is 12.0 Å². The number of carbonyl (C=O) groups excluding carboxylic acids is 1. The van der Waals surface area contributed by atoms with Crippen molar-refractivity contribution in [1.82, 2.24) is 5.32 Å². The Morgan fingerprint density at radius 1 is 1.12 bits per heavy atom. The molecule has 0 heterocycles. The first-order valence-electron chi connectivity index (χ1n) is 8.24. The van der Waals surface area contributed by atoms with E-state index in [4.69, 9.17) is 19.9 Å². The molecule has 0 spiro atoms. The van der Waals surface area contributed by atoms with Gasteiger partial charge in [-0.3, -0.25) is 4.79 Å². The molecule has 0 aliphatic heterocycles. The topological polar surface area (TPSA) is 82.8 Å². The fourth-order valence-electron chi connectivity index (χ4n) is 2.69. The molecule has 0 saturated carbocycles. The van der Waals surface area contributed by atoms with Gasteiger partial charge in [0.05, 0.1) is 21.3 Å². The molecule has 144 valence electrons. The lowest BCUT2D eigenvalue weighted by molar-refractivity contribution is -0.121. The smallest absolute Gasteiger partial charge is 0.220 e. The monoisotopic (exact) mass is 374 g/mol. The quantitative estimate of drug-likeness (QED) is 0.657. The van der Waals surface area contributed by atoms with E-state index in [-0.39, 0.29) is 24.4 Å². The van der Waals surface area contributed by atoms with Crippen LogP contribution in [0.4, 0.5) is 0 Å². The molecule has 3 N–H and O–H groups in total. The largest absolute Gasteiger partial charge is 0.493 e. The first-order valence-corrected chi connectivity index (χ1v) is 8.24. The number of nitrogens with one attached hydrogen (secondary N) is 1. The van der Waals surface area contributed by atoms with Gasteiger partial charge in [0.25, 0.3) is 0 Å². The van der Waals surface area contributed by atoms with Gasteiger partial charge >= 0.3 is 0 Å². The number of hydrogen-bond acceptors (Lipinski definition) is 5. The van der Waals surface area contributed by atoms with Crippen LogP contribution in [0.15, 0.2) is 12.1 Å². The zero-order valence-electron chi connectivity index (χ0n) is 15.8. The molecule has 0 bridgehead atoms. The van der Waals surface area contributed by atoms with Crippen molar-refractivity contribution >= 4 is 18.3 Å². The summed E-state index contributed by atoms with van der Waals surface area (Å²) in [6.07, 6.45) is 1.79. The Labute approximate surface area is 156 Å². The van der Waals surface area contributed by atoms with Crippen LogP contribution in [0.25, 0.3) is 0 Å². The van der Waals surface area contributed by atoms with E-state index >= 15 is 0 Å². The number of halogens is 1. The molecule has 7 heteroatoms. The summed E-state index contributed by atoms with van der Waals surface area (Å²) in [5, 5.41) is 3.00. The van der Waals surface area contributed by atoms with Crippen LogP contribution in [-0.2, 0) is 11.2 Å². The SMILES string of the molecule is COc1ccc(CCC(=O)NC(CN)CC(C)C)c(OC)c1OC.Cl. The predicted octanol–water partition coefficient (Wildman–Crippen LogP) is 2.56. The van der Waals surface area contributed by atoms with Crippen LogP contribution < -0.4 is 25.3 Å². The summed E-state index contributed by atoms with van der Waals surface area (Å²) in [5.74, 6) is 2.22. The molecule has 0 radical (unpaired) electrons.